The Bertz CT molecular complexity index is 736. The lowest BCUT2D eigenvalue weighted by Crippen LogP contribution is -2.01. The molecule has 0 amide bonds. The normalized spacial score (nSPS) is 12.8. The average Bonchev–Trinajstić information content (AvgIpc) is 2.85. The van der Waals surface area contributed by atoms with Crippen molar-refractivity contribution in [2.24, 2.45) is 0 Å². The minimum absolute atomic E-state index is 0.549. The number of aromatic nitrogens is 3. The van der Waals surface area contributed by atoms with Gasteiger partial charge >= 0.3 is 0 Å². The molecule has 0 aromatic carbocycles. The fourth-order valence-corrected chi connectivity index (χ4v) is 2.77. The van der Waals surface area contributed by atoms with Crippen molar-refractivity contribution in [1.82, 2.24) is 15.0 Å². The Morgan fingerprint density at radius 1 is 1.26 bits per heavy atom. The third kappa shape index (κ3) is 2.22. The van der Waals surface area contributed by atoms with Gasteiger partial charge in [0.25, 0.3) is 0 Å². The van der Waals surface area contributed by atoms with E-state index < -0.39 is 6.10 Å². The summed E-state index contributed by atoms with van der Waals surface area (Å²) in [7, 11) is 0. The molecule has 0 aliphatic carbocycles. The molecular weight excluding hydrogens is 258 g/mol. The number of hydrogen-bond donors (Lipinski definition) is 1. The molecule has 0 unspecified atom stereocenters. The molecular formula is C14H13N3OS. The van der Waals surface area contributed by atoms with E-state index in [-0.39, 0.29) is 0 Å². The van der Waals surface area contributed by atoms with Crippen LogP contribution < -0.4 is 0 Å². The molecule has 0 spiro atoms. The molecule has 5 heteroatoms. The summed E-state index contributed by atoms with van der Waals surface area (Å²) >= 11 is 1.65. The van der Waals surface area contributed by atoms with Crippen LogP contribution in [0.1, 0.15) is 24.3 Å². The highest BCUT2D eigenvalue weighted by Crippen LogP contribution is 2.25. The molecule has 3 aromatic heterocycles. The highest BCUT2D eigenvalue weighted by atomic mass is 32.1. The number of nitrogens with zero attached hydrogens (tertiary/aromatic N) is 3. The van der Waals surface area contributed by atoms with Crippen LogP contribution in [-0.2, 0) is 0 Å². The summed E-state index contributed by atoms with van der Waals surface area (Å²) in [5.74, 6) is 0.643. The van der Waals surface area contributed by atoms with Gasteiger partial charge in [0.15, 0.2) is 5.82 Å². The van der Waals surface area contributed by atoms with Gasteiger partial charge in [-0.1, -0.05) is 0 Å². The maximum absolute atomic E-state index is 9.59. The van der Waals surface area contributed by atoms with Crippen LogP contribution in [0.4, 0.5) is 0 Å². The fraction of sp³-hybridized carbons (Fsp3) is 0.214. The lowest BCUT2D eigenvalue weighted by Gasteiger charge is -2.08. The van der Waals surface area contributed by atoms with Gasteiger partial charge in [-0.15, -0.1) is 11.3 Å². The van der Waals surface area contributed by atoms with Gasteiger partial charge in [0.05, 0.1) is 16.3 Å². The van der Waals surface area contributed by atoms with Crippen molar-refractivity contribution in [3.63, 3.8) is 0 Å². The van der Waals surface area contributed by atoms with E-state index in [9.17, 15) is 5.11 Å². The van der Waals surface area contributed by atoms with Crippen LogP contribution in [0.5, 0.6) is 0 Å². The fourth-order valence-electron chi connectivity index (χ4n) is 1.99. The quantitative estimate of drug-likeness (QED) is 0.778. The third-order valence-corrected chi connectivity index (χ3v) is 3.88. The minimum Gasteiger partial charge on any atom is -0.389 e. The molecule has 0 bridgehead atoms. The minimum atomic E-state index is -0.549. The number of thiophene rings is 1. The van der Waals surface area contributed by atoms with Gasteiger partial charge in [0, 0.05) is 29.2 Å². The van der Waals surface area contributed by atoms with E-state index in [0.29, 0.717) is 5.82 Å². The van der Waals surface area contributed by atoms with Gasteiger partial charge in [-0.2, -0.15) is 0 Å². The molecule has 4 nitrogen and oxygen atoms in total. The van der Waals surface area contributed by atoms with Crippen molar-refractivity contribution in [3.8, 4) is 11.4 Å². The summed E-state index contributed by atoms with van der Waals surface area (Å²) in [6, 6.07) is 4.04. The molecule has 0 saturated heterocycles. The zero-order valence-electron chi connectivity index (χ0n) is 10.7. The predicted molar refractivity (Wildman–Crippen MR) is 76.0 cm³/mol. The first-order chi connectivity index (χ1) is 9.15. The summed E-state index contributed by atoms with van der Waals surface area (Å²) in [4.78, 5) is 13.2. The Morgan fingerprint density at radius 3 is 2.84 bits per heavy atom. The standard InChI is InChI=1S/C14H13N3OS/c1-8-11(9(2)18)7-16-14(17-8)10-5-13-12(15-6-10)3-4-19-13/h3-7,9,18H,1-2H3/t9-/m0/s1. The van der Waals surface area contributed by atoms with Gasteiger partial charge in [-0.05, 0) is 31.4 Å². The molecule has 96 valence electrons. The summed E-state index contributed by atoms with van der Waals surface area (Å²) < 4.78 is 1.12. The van der Waals surface area contributed by atoms with Gasteiger partial charge in [-0.3, -0.25) is 4.98 Å². The number of fused-ring (bicyclic) bond motifs is 1. The summed E-state index contributed by atoms with van der Waals surface area (Å²) in [5.41, 5.74) is 3.45. The van der Waals surface area contributed by atoms with Crippen molar-refractivity contribution < 1.29 is 5.11 Å². The van der Waals surface area contributed by atoms with Crippen LogP contribution in [0, 0.1) is 6.92 Å². The highest BCUT2D eigenvalue weighted by molar-refractivity contribution is 7.17. The largest absolute Gasteiger partial charge is 0.389 e. The molecule has 3 aromatic rings. The third-order valence-electron chi connectivity index (χ3n) is 3.03. The molecule has 3 rings (SSSR count). The van der Waals surface area contributed by atoms with Gasteiger partial charge in [0.2, 0.25) is 0 Å². The first-order valence-electron chi connectivity index (χ1n) is 6.00. The van der Waals surface area contributed by atoms with E-state index in [1.54, 1.807) is 30.7 Å². The second-order valence-electron chi connectivity index (χ2n) is 4.44. The van der Waals surface area contributed by atoms with E-state index in [1.165, 1.54) is 0 Å². The van der Waals surface area contributed by atoms with Crippen LogP contribution >= 0.6 is 11.3 Å². The summed E-state index contributed by atoms with van der Waals surface area (Å²) in [6.45, 7) is 3.59. The zero-order valence-corrected chi connectivity index (χ0v) is 11.5. The monoisotopic (exact) mass is 271 g/mol. The van der Waals surface area contributed by atoms with Gasteiger partial charge < -0.3 is 5.11 Å². The first kappa shape index (κ1) is 12.2. The number of hydrogen-bond acceptors (Lipinski definition) is 5. The SMILES string of the molecule is Cc1nc(-c2cnc3ccsc3c2)ncc1[C@H](C)O. The molecule has 3 heterocycles. The van der Waals surface area contributed by atoms with E-state index in [4.69, 9.17) is 0 Å². The Hall–Kier alpha value is -1.85. The van der Waals surface area contributed by atoms with Crippen molar-refractivity contribution in [2.45, 2.75) is 20.0 Å². The average molecular weight is 271 g/mol. The summed E-state index contributed by atoms with van der Waals surface area (Å²) in [6.07, 6.45) is 2.92. The molecule has 1 N–H and O–H groups in total. The number of pyridine rings is 1. The molecule has 19 heavy (non-hydrogen) atoms. The van der Waals surface area contributed by atoms with E-state index >= 15 is 0 Å². The molecule has 0 fully saturated rings. The lowest BCUT2D eigenvalue weighted by molar-refractivity contribution is 0.197. The van der Waals surface area contributed by atoms with Gasteiger partial charge in [-0.25, -0.2) is 9.97 Å². The Kier molecular flexibility index (Phi) is 3.00. The maximum Gasteiger partial charge on any atom is 0.160 e. The van der Waals surface area contributed by atoms with Crippen molar-refractivity contribution in [3.05, 3.63) is 41.2 Å². The highest BCUT2D eigenvalue weighted by Gasteiger charge is 2.10. The molecule has 0 aliphatic heterocycles. The van der Waals surface area contributed by atoms with E-state index in [1.807, 2.05) is 24.4 Å². The van der Waals surface area contributed by atoms with Crippen LogP contribution in [0.2, 0.25) is 0 Å². The number of aliphatic hydroxyl groups is 1. The topological polar surface area (TPSA) is 58.9 Å². The second kappa shape index (κ2) is 4.68. The molecule has 0 radical (unpaired) electrons. The zero-order chi connectivity index (χ0) is 13.4. The van der Waals surface area contributed by atoms with Crippen LogP contribution in [0.25, 0.3) is 21.6 Å². The van der Waals surface area contributed by atoms with Crippen molar-refractivity contribution in [2.75, 3.05) is 0 Å². The Morgan fingerprint density at radius 2 is 2.11 bits per heavy atom. The molecule has 0 aliphatic rings. The lowest BCUT2D eigenvalue weighted by atomic mass is 10.1. The number of aliphatic hydroxyl groups excluding tert-OH is 1. The predicted octanol–water partition coefficient (Wildman–Crippen LogP) is 3.12. The maximum atomic E-state index is 9.59. The van der Waals surface area contributed by atoms with Crippen molar-refractivity contribution in [1.29, 1.82) is 0 Å². The summed E-state index contributed by atoms with van der Waals surface area (Å²) in [5, 5.41) is 11.6. The van der Waals surface area contributed by atoms with Gasteiger partial charge in [0.1, 0.15) is 0 Å². The van der Waals surface area contributed by atoms with Crippen LogP contribution in [0.15, 0.2) is 29.9 Å². The first-order valence-corrected chi connectivity index (χ1v) is 6.88. The van der Waals surface area contributed by atoms with Crippen molar-refractivity contribution >= 4 is 21.6 Å². The smallest absolute Gasteiger partial charge is 0.160 e. The molecule has 1 atom stereocenters. The molecule has 0 saturated carbocycles. The van der Waals surface area contributed by atoms with E-state index in [0.717, 1.165) is 27.0 Å². The van der Waals surface area contributed by atoms with E-state index in [2.05, 4.69) is 15.0 Å². The second-order valence-corrected chi connectivity index (χ2v) is 5.39. The Balaban J connectivity index is 2.08. The van der Waals surface area contributed by atoms with Crippen LogP contribution in [-0.4, -0.2) is 20.1 Å². The number of rotatable bonds is 2. The van der Waals surface area contributed by atoms with Crippen LogP contribution in [0.3, 0.4) is 0 Å². The number of aryl methyl sites for hydroxylation is 1. The Labute approximate surface area is 114 Å².